The fourth-order valence-corrected chi connectivity index (χ4v) is 0.290. The summed E-state index contributed by atoms with van der Waals surface area (Å²) in [5.74, 6) is -0.0949. The molecular weight excluding hydrogens is 96.0 g/mol. The van der Waals surface area contributed by atoms with Crippen LogP contribution in [0.15, 0.2) is 11.8 Å². The Kier molecular flexibility index (Phi) is 0.749. The molecule has 38 valence electrons. The van der Waals surface area contributed by atoms with Gasteiger partial charge in [-0.1, -0.05) is 0 Å². The molecule has 7 heavy (non-hydrogen) atoms. The summed E-state index contributed by atoms with van der Waals surface area (Å²) in [5.41, 5.74) is 0. The van der Waals surface area contributed by atoms with Crippen molar-refractivity contribution in [3.8, 4) is 0 Å². The third-order valence-corrected chi connectivity index (χ3v) is 0.671. The molecule has 1 saturated heterocycles. The Bertz CT molecular complexity index is 125. The molecule has 0 spiro atoms. The molecule has 0 aromatic rings. The first-order valence-corrected chi connectivity index (χ1v) is 1.90. The van der Waals surface area contributed by atoms with Gasteiger partial charge >= 0.3 is 5.97 Å². The number of allylic oxidation sites excluding steroid dienone is 1. The van der Waals surface area contributed by atoms with Crippen LogP contribution in [0.3, 0.4) is 0 Å². The lowest BCUT2D eigenvalue weighted by Crippen LogP contribution is -2.21. The van der Waals surface area contributed by atoms with E-state index in [9.17, 15) is 4.79 Å². The second-order valence-corrected chi connectivity index (χ2v) is 1.11. The summed E-state index contributed by atoms with van der Waals surface area (Å²) in [6, 6.07) is 0. The van der Waals surface area contributed by atoms with Crippen LogP contribution < -0.4 is 0 Å². The van der Waals surface area contributed by atoms with Crippen LogP contribution in [0.25, 0.3) is 0 Å². The first-order chi connectivity index (χ1) is 3.34. The van der Waals surface area contributed by atoms with E-state index in [1.165, 1.54) is 0 Å². The van der Waals surface area contributed by atoms with E-state index in [1.807, 2.05) is 0 Å². The minimum Gasteiger partial charge on any atom is -0.279 e. The van der Waals surface area contributed by atoms with E-state index in [0.29, 0.717) is 5.76 Å². The van der Waals surface area contributed by atoms with Crippen molar-refractivity contribution in [1.82, 2.24) is 0 Å². The van der Waals surface area contributed by atoms with Crippen molar-refractivity contribution >= 4 is 5.97 Å². The highest BCUT2D eigenvalue weighted by Gasteiger charge is 2.25. The molecule has 0 aromatic carbocycles. The number of rotatable bonds is 0. The molecule has 1 aliphatic heterocycles. The van der Waals surface area contributed by atoms with E-state index >= 15 is 0 Å². The van der Waals surface area contributed by atoms with Gasteiger partial charge in [-0.05, 0) is 13.0 Å². The average Bonchev–Trinajstić information content (AvgIpc) is 1.65. The van der Waals surface area contributed by atoms with Crippen LogP contribution in [-0.4, -0.2) is 5.97 Å². The fraction of sp³-hybridized carbons (Fsp3) is 0.250. The van der Waals surface area contributed by atoms with Gasteiger partial charge in [0, 0.05) is 0 Å². The van der Waals surface area contributed by atoms with Gasteiger partial charge < -0.3 is 0 Å². The zero-order chi connectivity index (χ0) is 5.28. The maximum Gasteiger partial charge on any atom is 0.425 e. The standard InChI is InChI=1S/C4H4O3/c1-2-3-4(5)7-6-3/h2H,1H3/b3-2-. The Hall–Kier alpha value is -0.990. The third kappa shape index (κ3) is 0.453. The zero-order valence-electron chi connectivity index (χ0n) is 3.80. The zero-order valence-corrected chi connectivity index (χ0v) is 3.80. The molecule has 0 aromatic heterocycles. The van der Waals surface area contributed by atoms with Crippen molar-refractivity contribution in [2.24, 2.45) is 0 Å². The molecule has 0 bridgehead atoms. The maximum absolute atomic E-state index is 10.0. The molecule has 0 N–H and O–H groups in total. The van der Waals surface area contributed by atoms with Gasteiger partial charge in [0.05, 0.1) is 0 Å². The smallest absolute Gasteiger partial charge is 0.279 e. The molecule has 0 aliphatic carbocycles. The van der Waals surface area contributed by atoms with Crippen molar-refractivity contribution in [3.63, 3.8) is 0 Å². The minimum atomic E-state index is -0.387. The fourth-order valence-electron chi connectivity index (χ4n) is 0.290. The summed E-state index contributed by atoms with van der Waals surface area (Å²) in [4.78, 5) is 18.2. The molecule has 3 heteroatoms. The first-order valence-electron chi connectivity index (χ1n) is 1.90. The molecule has 0 atom stereocenters. The summed E-state index contributed by atoms with van der Waals surface area (Å²) in [6.07, 6.45) is 1.55. The Morgan fingerprint density at radius 1 is 1.57 bits per heavy atom. The van der Waals surface area contributed by atoms with E-state index in [2.05, 4.69) is 9.78 Å². The largest absolute Gasteiger partial charge is 0.425 e. The number of carbonyl (C=O) groups excluding carboxylic acids is 1. The maximum atomic E-state index is 10.0. The Balaban J connectivity index is 2.61. The number of hydrogen-bond donors (Lipinski definition) is 0. The van der Waals surface area contributed by atoms with E-state index in [4.69, 9.17) is 0 Å². The lowest BCUT2D eigenvalue weighted by molar-refractivity contribution is -0.294. The monoisotopic (exact) mass is 100 g/mol. The molecular formula is C4H4O3. The van der Waals surface area contributed by atoms with Crippen LogP contribution in [0, 0.1) is 0 Å². The molecule has 0 saturated carbocycles. The predicted octanol–water partition coefficient (Wildman–Crippen LogP) is 0.379. The van der Waals surface area contributed by atoms with E-state index in [0.717, 1.165) is 0 Å². The van der Waals surface area contributed by atoms with Crippen LogP contribution >= 0.6 is 0 Å². The second kappa shape index (κ2) is 1.26. The van der Waals surface area contributed by atoms with Crippen LogP contribution in [0.1, 0.15) is 6.92 Å². The van der Waals surface area contributed by atoms with Crippen molar-refractivity contribution in [1.29, 1.82) is 0 Å². The van der Waals surface area contributed by atoms with Crippen molar-refractivity contribution in [2.75, 3.05) is 0 Å². The molecule has 3 nitrogen and oxygen atoms in total. The summed E-state index contributed by atoms with van der Waals surface area (Å²) < 4.78 is 0. The Morgan fingerprint density at radius 2 is 2.29 bits per heavy atom. The van der Waals surface area contributed by atoms with Crippen molar-refractivity contribution in [3.05, 3.63) is 11.8 Å². The van der Waals surface area contributed by atoms with E-state index in [-0.39, 0.29) is 5.97 Å². The Labute approximate surface area is 40.5 Å². The van der Waals surface area contributed by atoms with Crippen molar-refractivity contribution < 1.29 is 14.6 Å². The Morgan fingerprint density at radius 3 is 2.29 bits per heavy atom. The van der Waals surface area contributed by atoms with Crippen LogP contribution in [-0.2, 0) is 14.6 Å². The van der Waals surface area contributed by atoms with Crippen LogP contribution in [0.4, 0.5) is 0 Å². The summed E-state index contributed by atoms with van der Waals surface area (Å²) in [5, 5.41) is 0. The molecule has 1 heterocycles. The van der Waals surface area contributed by atoms with Gasteiger partial charge in [-0.15, -0.1) is 0 Å². The average molecular weight is 100 g/mol. The second-order valence-electron chi connectivity index (χ2n) is 1.11. The summed E-state index contributed by atoms with van der Waals surface area (Å²) in [7, 11) is 0. The van der Waals surface area contributed by atoms with Gasteiger partial charge in [-0.25, -0.2) is 9.68 Å². The molecule has 1 aliphatic rings. The molecule has 1 rings (SSSR count). The normalized spacial score (nSPS) is 23.0. The van der Waals surface area contributed by atoms with E-state index in [1.54, 1.807) is 13.0 Å². The topological polar surface area (TPSA) is 35.5 Å². The molecule has 0 amide bonds. The minimum absolute atomic E-state index is 0.292. The SMILES string of the molecule is C/C=C1\OOC1=O. The van der Waals surface area contributed by atoms with Gasteiger partial charge in [0.15, 0.2) is 0 Å². The van der Waals surface area contributed by atoms with Gasteiger partial charge in [0.2, 0.25) is 0 Å². The summed E-state index contributed by atoms with van der Waals surface area (Å²) >= 11 is 0. The van der Waals surface area contributed by atoms with Gasteiger partial charge in [0.1, 0.15) is 0 Å². The van der Waals surface area contributed by atoms with Gasteiger partial charge in [-0.2, -0.15) is 0 Å². The molecule has 0 unspecified atom stereocenters. The van der Waals surface area contributed by atoms with E-state index < -0.39 is 0 Å². The highest BCUT2D eigenvalue weighted by atomic mass is 17.3. The summed E-state index contributed by atoms with van der Waals surface area (Å²) in [6.45, 7) is 1.70. The lowest BCUT2D eigenvalue weighted by atomic mass is 10.5. The molecule has 1 fully saturated rings. The van der Waals surface area contributed by atoms with Gasteiger partial charge in [-0.3, -0.25) is 4.89 Å². The number of hydrogen-bond acceptors (Lipinski definition) is 3. The lowest BCUT2D eigenvalue weighted by Gasteiger charge is -2.12. The number of carbonyl (C=O) groups is 1. The predicted molar refractivity (Wildman–Crippen MR) is 20.9 cm³/mol. The highest BCUT2D eigenvalue weighted by Crippen LogP contribution is 2.11. The quantitative estimate of drug-likeness (QED) is 0.326. The highest BCUT2D eigenvalue weighted by molar-refractivity contribution is 5.88. The van der Waals surface area contributed by atoms with Crippen LogP contribution in [0.2, 0.25) is 0 Å². The third-order valence-electron chi connectivity index (χ3n) is 0.671. The van der Waals surface area contributed by atoms with Gasteiger partial charge in [0.25, 0.3) is 5.76 Å². The first kappa shape index (κ1) is 4.18. The van der Waals surface area contributed by atoms with Crippen molar-refractivity contribution in [2.45, 2.75) is 6.92 Å². The molecule has 0 radical (unpaired) electrons. The van der Waals surface area contributed by atoms with Crippen LogP contribution in [0.5, 0.6) is 0 Å².